The van der Waals surface area contributed by atoms with Crippen LogP contribution in [0.3, 0.4) is 0 Å². The first kappa shape index (κ1) is 14.6. The first-order chi connectivity index (χ1) is 11.7. The Morgan fingerprint density at radius 1 is 0.875 bits per heavy atom. The number of hydrogen-bond acceptors (Lipinski definition) is 3. The van der Waals surface area contributed by atoms with Gasteiger partial charge in [-0.25, -0.2) is 0 Å². The maximum Gasteiger partial charge on any atom is 0.297 e. The second-order valence-electron chi connectivity index (χ2n) is 5.31. The molecule has 4 nitrogen and oxygen atoms in total. The van der Waals surface area contributed by atoms with E-state index in [0.717, 1.165) is 10.9 Å². The lowest BCUT2D eigenvalue weighted by Crippen LogP contribution is -2.22. The Labute approximate surface area is 143 Å². The minimum atomic E-state index is -0.257. The Morgan fingerprint density at radius 2 is 1.62 bits per heavy atom. The van der Waals surface area contributed by atoms with Crippen LogP contribution in [-0.4, -0.2) is 14.8 Å². The summed E-state index contributed by atoms with van der Waals surface area (Å²) < 4.78 is 1.37. The fourth-order valence-electron chi connectivity index (χ4n) is 2.63. The molecule has 0 unspecified atom stereocenters. The lowest BCUT2D eigenvalue weighted by atomic mass is 10.1. The third-order valence-corrected chi connectivity index (χ3v) is 4.03. The third-order valence-electron chi connectivity index (χ3n) is 3.78. The number of aromatic nitrogens is 3. The standard InChI is InChI=1S/C19H12ClN3O/c20-14-8-10-15(11-9-14)23-19(24)18-16(7-4-12-21-18)17(22-23)13-5-2-1-3-6-13/h1-12H. The Balaban J connectivity index is 2.07. The van der Waals surface area contributed by atoms with Crippen molar-refractivity contribution in [2.24, 2.45) is 0 Å². The van der Waals surface area contributed by atoms with Crippen LogP contribution in [-0.2, 0) is 0 Å². The predicted molar refractivity (Wildman–Crippen MR) is 95.6 cm³/mol. The fraction of sp³-hybridized carbons (Fsp3) is 0. The van der Waals surface area contributed by atoms with Crippen molar-refractivity contribution in [3.63, 3.8) is 0 Å². The maximum absolute atomic E-state index is 12.8. The van der Waals surface area contributed by atoms with Crippen molar-refractivity contribution < 1.29 is 0 Å². The molecule has 116 valence electrons. The minimum Gasteiger partial charge on any atom is -0.265 e. The van der Waals surface area contributed by atoms with Gasteiger partial charge in [0.15, 0.2) is 0 Å². The van der Waals surface area contributed by atoms with Gasteiger partial charge in [-0.3, -0.25) is 9.78 Å². The summed E-state index contributed by atoms with van der Waals surface area (Å²) in [5, 5.41) is 5.93. The van der Waals surface area contributed by atoms with E-state index in [4.69, 9.17) is 11.6 Å². The highest BCUT2D eigenvalue weighted by molar-refractivity contribution is 6.30. The molecule has 4 aromatic rings. The normalized spacial score (nSPS) is 10.9. The molecule has 5 heteroatoms. The Kier molecular flexibility index (Phi) is 3.59. The fourth-order valence-corrected chi connectivity index (χ4v) is 2.76. The number of hydrogen-bond donors (Lipinski definition) is 0. The smallest absolute Gasteiger partial charge is 0.265 e. The van der Waals surface area contributed by atoms with Crippen LogP contribution in [0.25, 0.3) is 27.8 Å². The molecule has 0 aliphatic rings. The zero-order chi connectivity index (χ0) is 16.5. The number of benzene rings is 2. The van der Waals surface area contributed by atoms with Crippen LogP contribution in [0, 0.1) is 0 Å². The van der Waals surface area contributed by atoms with Crippen molar-refractivity contribution in [3.8, 4) is 16.9 Å². The van der Waals surface area contributed by atoms with Crippen LogP contribution < -0.4 is 5.56 Å². The summed E-state index contributed by atoms with van der Waals surface area (Å²) in [6, 6.07) is 20.4. The molecule has 0 atom stereocenters. The molecular formula is C19H12ClN3O. The Bertz CT molecular complexity index is 1070. The number of rotatable bonds is 2. The zero-order valence-electron chi connectivity index (χ0n) is 12.6. The quantitative estimate of drug-likeness (QED) is 0.555. The van der Waals surface area contributed by atoms with Gasteiger partial charge in [0.05, 0.1) is 5.69 Å². The average molecular weight is 334 g/mol. The number of halogens is 1. The number of fused-ring (bicyclic) bond motifs is 1. The summed E-state index contributed by atoms with van der Waals surface area (Å²) in [6.45, 7) is 0. The van der Waals surface area contributed by atoms with Crippen LogP contribution in [0.4, 0.5) is 0 Å². The van der Waals surface area contributed by atoms with Crippen LogP contribution in [0.5, 0.6) is 0 Å². The highest BCUT2D eigenvalue weighted by Gasteiger charge is 2.13. The van der Waals surface area contributed by atoms with Crippen molar-refractivity contribution in [3.05, 3.63) is 88.3 Å². The van der Waals surface area contributed by atoms with Gasteiger partial charge < -0.3 is 0 Å². The van der Waals surface area contributed by atoms with Crippen molar-refractivity contribution in [1.82, 2.24) is 14.8 Å². The average Bonchev–Trinajstić information content (AvgIpc) is 2.64. The van der Waals surface area contributed by atoms with Gasteiger partial charge in [0.1, 0.15) is 11.2 Å². The van der Waals surface area contributed by atoms with E-state index in [1.165, 1.54) is 4.68 Å². The molecule has 0 spiro atoms. The van der Waals surface area contributed by atoms with E-state index in [9.17, 15) is 4.79 Å². The maximum atomic E-state index is 12.8. The van der Waals surface area contributed by atoms with E-state index >= 15 is 0 Å². The van der Waals surface area contributed by atoms with Gasteiger partial charge >= 0.3 is 0 Å². The largest absolute Gasteiger partial charge is 0.297 e. The molecule has 0 aliphatic carbocycles. The van der Waals surface area contributed by atoms with E-state index in [1.54, 1.807) is 30.5 Å². The van der Waals surface area contributed by atoms with Crippen LogP contribution >= 0.6 is 11.6 Å². The monoisotopic (exact) mass is 333 g/mol. The summed E-state index contributed by atoms with van der Waals surface area (Å²) in [7, 11) is 0. The van der Waals surface area contributed by atoms with Crippen molar-refractivity contribution in [2.45, 2.75) is 0 Å². The molecule has 0 saturated carbocycles. The van der Waals surface area contributed by atoms with Crippen LogP contribution in [0.2, 0.25) is 5.02 Å². The molecule has 0 amide bonds. The van der Waals surface area contributed by atoms with Gasteiger partial charge in [0, 0.05) is 22.2 Å². The van der Waals surface area contributed by atoms with Crippen molar-refractivity contribution >= 4 is 22.5 Å². The number of pyridine rings is 1. The number of nitrogens with zero attached hydrogens (tertiary/aromatic N) is 3. The molecule has 0 fully saturated rings. The second-order valence-corrected chi connectivity index (χ2v) is 5.74. The highest BCUT2D eigenvalue weighted by Crippen LogP contribution is 2.24. The Morgan fingerprint density at radius 3 is 2.38 bits per heavy atom. The van der Waals surface area contributed by atoms with E-state index in [0.29, 0.717) is 21.9 Å². The van der Waals surface area contributed by atoms with E-state index in [2.05, 4.69) is 10.1 Å². The van der Waals surface area contributed by atoms with Crippen LogP contribution in [0.15, 0.2) is 77.7 Å². The summed E-state index contributed by atoms with van der Waals surface area (Å²) in [4.78, 5) is 17.1. The second kappa shape index (κ2) is 5.91. The molecule has 4 rings (SSSR count). The van der Waals surface area contributed by atoms with Gasteiger partial charge in [-0.15, -0.1) is 0 Å². The first-order valence-electron chi connectivity index (χ1n) is 7.43. The molecule has 0 radical (unpaired) electrons. The van der Waals surface area contributed by atoms with Crippen molar-refractivity contribution in [1.29, 1.82) is 0 Å². The molecule has 2 heterocycles. The molecule has 0 bridgehead atoms. The van der Waals surface area contributed by atoms with E-state index in [-0.39, 0.29) is 5.56 Å². The van der Waals surface area contributed by atoms with Gasteiger partial charge in [-0.05, 0) is 36.4 Å². The molecule has 24 heavy (non-hydrogen) atoms. The highest BCUT2D eigenvalue weighted by atomic mass is 35.5. The third kappa shape index (κ3) is 2.47. The van der Waals surface area contributed by atoms with Gasteiger partial charge in [-0.2, -0.15) is 9.78 Å². The van der Waals surface area contributed by atoms with Gasteiger partial charge in [0.2, 0.25) is 0 Å². The molecule has 2 aromatic heterocycles. The lowest BCUT2D eigenvalue weighted by molar-refractivity contribution is 0.823. The van der Waals surface area contributed by atoms with Crippen LogP contribution in [0.1, 0.15) is 0 Å². The van der Waals surface area contributed by atoms with E-state index in [1.807, 2.05) is 42.5 Å². The topological polar surface area (TPSA) is 47.8 Å². The first-order valence-corrected chi connectivity index (χ1v) is 7.81. The van der Waals surface area contributed by atoms with E-state index < -0.39 is 0 Å². The van der Waals surface area contributed by atoms with Gasteiger partial charge in [0.25, 0.3) is 5.56 Å². The summed E-state index contributed by atoms with van der Waals surface area (Å²) in [5.41, 5.74) is 2.43. The predicted octanol–water partition coefficient (Wildman–Crippen LogP) is 4.10. The lowest BCUT2D eigenvalue weighted by Gasteiger charge is -2.10. The zero-order valence-corrected chi connectivity index (χ0v) is 13.3. The molecule has 2 aromatic carbocycles. The summed E-state index contributed by atoms with van der Waals surface area (Å²) in [6.07, 6.45) is 1.62. The van der Waals surface area contributed by atoms with Gasteiger partial charge in [-0.1, -0.05) is 41.9 Å². The molecule has 0 saturated heterocycles. The Hall–Kier alpha value is -2.98. The summed E-state index contributed by atoms with van der Waals surface area (Å²) in [5.74, 6) is 0. The summed E-state index contributed by atoms with van der Waals surface area (Å²) >= 11 is 5.94. The SMILES string of the molecule is O=c1c2ncccc2c(-c2ccccc2)nn1-c1ccc(Cl)cc1. The molecule has 0 aliphatic heterocycles. The van der Waals surface area contributed by atoms with Crippen molar-refractivity contribution in [2.75, 3.05) is 0 Å². The molecule has 0 N–H and O–H groups in total. The minimum absolute atomic E-state index is 0.257. The molecular weight excluding hydrogens is 322 g/mol.